The molecule has 0 amide bonds. The summed E-state index contributed by atoms with van der Waals surface area (Å²) in [5, 5.41) is 2.12. The quantitative estimate of drug-likeness (QED) is 0.432. The monoisotopic (exact) mass is 390 g/mol. The molecule has 2 aromatic rings. The molecule has 1 aromatic heterocycles. The molecule has 2 rings (SSSR count). The van der Waals surface area contributed by atoms with Crippen molar-refractivity contribution in [1.82, 2.24) is 0 Å². The highest BCUT2D eigenvalue weighted by atomic mass is 127. The van der Waals surface area contributed by atoms with Crippen LogP contribution in [0.15, 0.2) is 35.7 Å². The normalized spacial score (nSPS) is 12.6. The number of unbranched alkanes of at least 4 members (excludes halogenated alkanes) is 1. The molecule has 3 heteroatoms. The molecule has 0 nitrogen and oxygen atoms in total. The summed E-state index contributed by atoms with van der Waals surface area (Å²) in [5.41, 5.74) is 3.79. The third kappa shape index (κ3) is 3.72. The molecular weight excluding hydrogens is 375 g/mol. The van der Waals surface area contributed by atoms with Crippen LogP contribution in [0.2, 0.25) is 0 Å². The fourth-order valence-electron chi connectivity index (χ4n) is 1.88. The lowest BCUT2D eigenvalue weighted by Crippen LogP contribution is -1.92. The van der Waals surface area contributed by atoms with Gasteiger partial charge in [-0.15, -0.1) is 22.9 Å². The van der Waals surface area contributed by atoms with Gasteiger partial charge in [0.25, 0.3) is 0 Å². The molecule has 18 heavy (non-hydrogen) atoms. The predicted molar refractivity (Wildman–Crippen MR) is 89.8 cm³/mol. The second-order valence-electron chi connectivity index (χ2n) is 4.39. The number of halogens is 2. The summed E-state index contributed by atoms with van der Waals surface area (Å²) >= 11 is 10.6. The number of benzene rings is 1. The van der Waals surface area contributed by atoms with Gasteiger partial charge < -0.3 is 0 Å². The minimum atomic E-state index is -0.0232. The standard InChI is InChI=1S/C15H16ClIS/c1-2-3-4-11-5-7-12(8-6-11)15(16)13-9-14(17)18-10-13/h5-10,15H,2-4H2,1H3. The van der Waals surface area contributed by atoms with Crippen molar-refractivity contribution in [2.75, 3.05) is 0 Å². The second-order valence-corrected chi connectivity index (χ2v) is 7.63. The molecule has 1 aromatic carbocycles. The molecule has 1 atom stereocenters. The lowest BCUT2D eigenvalue weighted by atomic mass is 10.0. The first-order valence-electron chi connectivity index (χ1n) is 6.17. The van der Waals surface area contributed by atoms with E-state index in [-0.39, 0.29) is 5.38 Å². The van der Waals surface area contributed by atoms with Crippen LogP contribution in [0.4, 0.5) is 0 Å². The maximum Gasteiger partial charge on any atom is 0.0843 e. The van der Waals surface area contributed by atoms with Gasteiger partial charge in [-0.3, -0.25) is 0 Å². The number of hydrogen-bond acceptors (Lipinski definition) is 1. The Morgan fingerprint density at radius 1 is 1.22 bits per heavy atom. The zero-order valence-corrected chi connectivity index (χ0v) is 14.1. The predicted octanol–water partition coefficient (Wildman–Crippen LogP) is 6.02. The van der Waals surface area contributed by atoms with Crippen molar-refractivity contribution in [2.45, 2.75) is 31.6 Å². The molecule has 1 unspecified atom stereocenters. The van der Waals surface area contributed by atoms with Crippen LogP contribution in [0.25, 0.3) is 0 Å². The summed E-state index contributed by atoms with van der Waals surface area (Å²) in [4.78, 5) is 0. The van der Waals surface area contributed by atoms with E-state index < -0.39 is 0 Å². The summed E-state index contributed by atoms with van der Waals surface area (Å²) in [6.45, 7) is 2.22. The zero-order valence-electron chi connectivity index (χ0n) is 10.3. The van der Waals surface area contributed by atoms with Crippen LogP contribution in [-0.4, -0.2) is 0 Å². The van der Waals surface area contributed by atoms with Gasteiger partial charge in [0.2, 0.25) is 0 Å². The first kappa shape index (κ1) is 14.4. The summed E-state index contributed by atoms with van der Waals surface area (Å²) in [6.07, 6.45) is 3.67. The van der Waals surface area contributed by atoms with Crippen LogP contribution in [0.1, 0.15) is 41.8 Å². The minimum absolute atomic E-state index is 0.0232. The Kier molecular flexibility index (Phi) is 5.52. The largest absolute Gasteiger partial charge is 0.137 e. The van der Waals surface area contributed by atoms with E-state index in [1.165, 1.54) is 38.8 Å². The maximum atomic E-state index is 6.50. The summed E-state index contributed by atoms with van der Waals surface area (Å²) < 4.78 is 1.29. The van der Waals surface area contributed by atoms with E-state index in [9.17, 15) is 0 Å². The Balaban J connectivity index is 2.09. The number of hydrogen-bond donors (Lipinski definition) is 0. The lowest BCUT2D eigenvalue weighted by molar-refractivity contribution is 0.794. The van der Waals surface area contributed by atoms with E-state index in [0.717, 1.165) is 0 Å². The molecule has 0 saturated heterocycles. The van der Waals surface area contributed by atoms with Gasteiger partial charge in [-0.25, -0.2) is 0 Å². The Morgan fingerprint density at radius 3 is 2.50 bits per heavy atom. The fraction of sp³-hybridized carbons (Fsp3) is 0.333. The van der Waals surface area contributed by atoms with Crippen LogP contribution < -0.4 is 0 Å². The third-order valence-electron chi connectivity index (χ3n) is 2.97. The van der Waals surface area contributed by atoms with E-state index in [4.69, 9.17) is 11.6 Å². The van der Waals surface area contributed by atoms with Gasteiger partial charge >= 0.3 is 0 Å². The van der Waals surface area contributed by atoms with Crippen LogP contribution in [0.5, 0.6) is 0 Å². The molecule has 0 aliphatic heterocycles. The third-order valence-corrected chi connectivity index (χ3v) is 5.28. The first-order chi connectivity index (χ1) is 8.70. The van der Waals surface area contributed by atoms with Crippen molar-refractivity contribution < 1.29 is 0 Å². The number of alkyl halides is 1. The van der Waals surface area contributed by atoms with Gasteiger partial charge in [-0.05, 0) is 63.6 Å². The van der Waals surface area contributed by atoms with Crippen molar-refractivity contribution in [3.63, 3.8) is 0 Å². The molecule has 0 aliphatic carbocycles. The van der Waals surface area contributed by atoms with Gasteiger partial charge in [-0.1, -0.05) is 37.6 Å². The molecule has 96 valence electrons. The molecule has 0 fully saturated rings. The molecule has 0 radical (unpaired) electrons. The van der Waals surface area contributed by atoms with Crippen molar-refractivity contribution in [3.8, 4) is 0 Å². The average Bonchev–Trinajstić information content (AvgIpc) is 2.83. The molecular formula is C15H16ClIS. The van der Waals surface area contributed by atoms with Crippen LogP contribution in [-0.2, 0) is 6.42 Å². The number of rotatable bonds is 5. The van der Waals surface area contributed by atoms with Crippen molar-refractivity contribution in [1.29, 1.82) is 0 Å². The van der Waals surface area contributed by atoms with E-state index >= 15 is 0 Å². The second kappa shape index (κ2) is 6.92. The van der Waals surface area contributed by atoms with Gasteiger partial charge in [-0.2, -0.15) is 0 Å². The van der Waals surface area contributed by atoms with E-state index in [1.807, 2.05) is 0 Å². The van der Waals surface area contributed by atoms with E-state index in [1.54, 1.807) is 11.3 Å². The van der Waals surface area contributed by atoms with E-state index in [2.05, 4.69) is 65.2 Å². The van der Waals surface area contributed by atoms with Gasteiger partial charge in [0.05, 0.1) is 8.26 Å². The first-order valence-corrected chi connectivity index (χ1v) is 8.57. The Hall–Kier alpha value is -0.0600. The number of aryl methyl sites for hydroxylation is 1. The fourth-order valence-corrected chi connectivity index (χ4v) is 3.63. The molecule has 0 spiro atoms. The van der Waals surface area contributed by atoms with Crippen LogP contribution in [0.3, 0.4) is 0 Å². The molecule has 0 N–H and O–H groups in total. The average molecular weight is 391 g/mol. The Bertz CT molecular complexity index is 489. The highest BCUT2D eigenvalue weighted by Crippen LogP contribution is 2.32. The smallest absolute Gasteiger partial charge is 0.0843 e. The van der Waals surface area contributed by atoms with E-state index in [0.29, 0.717) is 0 Å². The van der Waals surface area contributed by atoms with Crippen LogP contribution >= 0.6 is 45.5 Å². The number of thiophene rings is 1. The maximum absolute atomic E-state index is 6.50. The van der Waals surface area contributed by atoms with Crippen molar-refractivity contribution in [3.05, 3.63) is 55.3 Å². The van der Waals surface area contributed by atoms with Gasteiger partial charge in [0.15, 0.2) is 0 Å². The summed E-state index contributed by atoms with van der Waals surface area (Å²) in [6, 6.07) is 10.9. The Morgan fingerprint density at radius 2 is 1.94 bits per heavy atom. The topological polar surface area (TPSA) is 0 Å². The molecule has 0 saturated carbocycles. The minimum Gasteiger partial charge on any atom is -0.137 e. The van der Waals surface area contributed by atoms with Gasteiger partial charge in [0, 0.05) is 0 Å². The van der Waals surface area contributed by atoms with Crippen molar-refractivity contribution in [2.24, 2.45) is 0 Å². The summed E-state index contributed by atoms with van der Waals surface area (Å²) in [5.74, 6) is 0. The zero-order chi connectivity index (χ0) is 13.0. The van der Waals surface area contributed by atoms with Crippen molar-refractivity contribution >= 4 is 45.5 Å². The molecule has 1 heterocycles. The Labute approximate surface area is 132 Å². The van der Waals surface area contributed by atoms with Crippen LogP contribution in [0, 0.1) is 2.88 Å². The lowest BCUT2D eigenvalue weighted by Gasteiger charge is -2.09. The highest BCUT2D eigenvalue weighted by Gasteiger charge is 2.12. The molecule has 0 bridgehead atoms. The summed E-state index contributed by atoms with van der Waals surface area (Å²) in [7, 11) is 0. The highest BCUT2D eigenvalue weighted by molar-refractivity contribution is 14.1. The molecule has 0 aliphatic rings. The van der Waals surface area contributed by atoms with Gasteiger partial charge in [0.1, 0.15) is 0 Å². The SMILES string of the molecule is CCCCc1ccc(C(Cl)c2csc(I)c2)cc1.